The molecule has 0 spiro atoms. The summed E-state index contributed by atoms with van der Waals surface area (Å²) in [6, 6.07) is 3.72. The standard InChI is InChI=1S/C11H14N2O7S/c1-7(14)12-9-5-8(3-4-10(9)19-2)21(17,18)13-20-6-11(15)16/h3-5,13H,6H2,1-2H3,(H,12,14)(H,15,16). The molecule has 0 aliphatic rings. The molecule has 1 aromatic carbocycles. The number of carboxylic acids is 1. The molecule has 0 aliphatic heterocycles. The van der Waals surface area contributed by atoms with E-state index in [4.69, 9.17) is 9.84 Å². The number of ether oxygens (including phenoxy) is 1. The Morgan fingerprint density at radius 2 is 2.00 bits per heavy atom. The third-order valence-electron chi connectivity index (χ3n) is 2.16. The summed E-state index contributed by atoms with van der Waals surface area (Å²) in [6.45, 7) is 0.433. The van der Waals surface area contributed by atoms with E-state index in [0.717, 1.165) is 6.07 Å². The molecule has 3 N–H and O–H groups in total. The number of hydrogen-bond acceptors (Lipinski definition) is 6. The van der Waals surface area contributed by atoms with Gasteiger partial charge in [0, 0.05) is 6.92 Å². The zero-order valence-electron chi connectivity index (χ0n) is 11.2. The van der Waals surface area contributed by atoms with Gasteiger partial charge in [-0.2, -0.15) is 0 Å². The van der Waals surface area contributed by atoms with Gasteiger partial charge in [0.25, 0.3) is 10.0 Å². The molecular formula is C11H14N2O7S. The molecule has 0 aliphatic carbocycles. The summed E-state index contributed by atoms with van der Waals surface area (Å²) in [7, 11) is -2.72. The van der Waals surface area contributed by atoms with Crippen LogP contribution in [0, 0.1) is 0 Å². The van der Waals surface area contributed by atoms with E-state index < -0.39 is 28.5 Å². The van der Waals surface area contributed by atoms with E-state index in [0.29, 0.717) is 0 Å². The van der Waals surface area contributed by atoms with E-state index in [1.54, 1.807) is 4.89 Å². The quantitative estimate of drug-likeness (QED) is 0.600. The molecule has 10 heteroatoms. The maximum absolute atomic E-state index is 11.9. The molecule has 116 valence electrons. The van der Waals surface area contributed by atoms with Gasteiger partial charge in [-0.25, -0.2) is 13.2 Å². The normalized spacial score (nSPS) is 11.0. The van der Waals surface area contributed by atoms with Crippen LogP contribution >= 0.6 is 0 Å². The number of carbonyl (C=O) groups is 2. The number of methoxy groups -OCH3 is 1. The summed E-state index contributed by atoms with van der Waals surface area (Å²) in [6.07, 6.45) is 0. The average Bonchev–Trinajstić information content (AvgIpc) is 2.37. The fraction of sp³-hybridized carbons (Fsp3) is 0.273. The monoisotopic (exact) mass is 318 g/mol. The smallest absolute Gasteiger partial charge is 0.331 e. The summed E-state index contributed by atoms with van der Waals surface area (Å²) < 4.78 is 28.7. The lowest BCUT2D eigenvalue weighted by molar-refractivity contribution is -0.143. The molecule has 1 rings (SSSR count). The van der Waals surface area contributed by atoms with E-state index in [-0.39, 0.29) is 16.3 Å². The lowest BCUT2D eigenvalue weighted by Gasteiger charge is -2.11. The molecular weight excluding hydrogens is 304 g/mol. The van der Waals surface area contributed by atoms with Crippen molar-refractivity contribution < 1.29 is 32.7 Å². The minimum atomic E-state index is -4.08. The molecule has 0 fully saturated rings. The van der Waals surface area contributed by atoms with Crippen LogP contribution < -0.4 is 14.9 Å². The zero-order valence-corrected chi connectivity index (χ0v) is 12.1. The van der Waals surface area contributed by atoms with Crippen LogP contribution in [0.25, 0.3) is 0 Å². The number of benzene rings is 1. The molecule has 0 radical (unpaired) electrons. The maximum atomic E-state index is 11.9. The fourth-order valence-electron chi connectivity index (χ4n) is 1.36. The number of anilines is 1. The molecule has 0 unspecified atom stereocenters. The summed E-state index contributed by atoms with van der Waals surface area (Å²) in [5.41, 5.74) is 0.158. The van der Waals surface area contributed by atoms with Crippen molar-refractivity contribution in [3.05, 3.63) is 18.2 Å². The van der Waals surface area contributed by atoms with Gasteiger partial charge in [0.2, 0.25) is 5.91 Å². The molecule has 0 aromatic heterocycles. The van der Waals surface area contributed by atoms with E-state index in [1.807, 2.05) is 0 Å². The Morgan fingerprint density at radius 3 is 2.52 bits per heavy atom. The van der Waals surface area contributed by atoms with Crippen molar-refractivity contribution in [1.82, 2.24) is 4.89 Å². The number of amides is 1. The number of nitrogens with one attached hydrogen (secondary N) is 2. The summed E-state index contributed by atoms with van der Waals surface area (Å²) in [4.78, 5) is 27.1. The number of rotatable bonds is 7. The third kappa shape index (κ3) is 5.02. The van der Waals surface area contributed by atoms with Gasteiger partial charge in [0.15, 0.2) is 6.61 Å². The SMILES string of the molecule is COc1ccc(S(=O)(=O)NOCC(=O)O)cc1NC(C)=O. The average molecular weight is 318 g/mol. The Balaban J connectivity index is 3.01. The lowest BCUT2D eigenvalue weighted by atomic mass is 10.3. The molecule has 0 bridgehead atoms. The molecule has 9 nitrogen and oxygen atoms in total. The lowest BCUT2D eigenvalue weighted by Crippen LogP contribution is -2.27. The van der Waals surface area contributed by atoms with Crippen LogP contribution in [-0.4, -0.2) is 39.1 Å². The van der Waals surface area contributed by atoms with E-state index in [9.17, 15) is 18.0 Å². The molecule has 0 saturated carbocycles. The Hall–Kier alpha value is -2.17. The highest BCUT2D eigenvalue weighted by Crippen LogP contribution is 2.27. The van der Waals surface area contributed by atoms with Crippen molar-refractivity contribution in [3.63, 3.8) is 0 Å². The second-order valence-electron chi connectivity index (χ2n) is 3.81. The summed E-state index contributed by atoms with van der Waals surface area (Å²) in [5, 5.41) is 10.8. The molecule has 1 amide bonds. The molecule has 0 heterocycles. The minimum absolute atomic E-state index is 0.158. The third-order valence-corrected chi connectivity index (χ3v) is 3.37. The van der Waals surface area contributed by atoms with E-state index in [2.05, 4.69) is 10.2 Å². The highest BCUT2D eigenvalue weighted by Gasteiger charge is 2.17. The first-order valence-corrected chi connectivity index (χ1v) is 7.05. The highest BCUT2D eigenvalue weighted by atomic mass is 32.2. The van der Waals surface area contributed by atoms with Gasteiger partial charge in [-0.1, -0.05) is 4.89 Å². The van der Waals surface area contributed by atoms with Gasteiger partial charge in [0.05, 0.1) is 17.7 Å². The van der Waals surface area contributed by atoms with Gasteiger partial charge >= 0.3 is 5.97 Å². The first kappa shape index (κ1) is 16.9. The van der Waals surface area contributed by atoms with Crippen LogP contribution in [0.5, 0.6) is 5.75 Å². The Morgan fingerprint density at radius 1 is 1.33 bits per heavy atom. The highest BCUT2D eigenvalue weighted by molar-refractivity contribution is 7.89. The number of sulfonamides is 1. The number of aliphatic carboxylic acids is 1. The Kier molecular flexibility index (Phi) is 5.64. The predicted octanol–water partition coefficient (Wildman–Crippen LogP) is -0.0519. The van der Waals surface area contributed by atoms with Crippen molar-refractivity contribution >= 4 is 27.6 Å². The number of hydrogen-bond donors (Lipinski definition) is 3. The van der Waals surface area contributed by atoms with E-state index >= 15 is 0 Å². The van der Waals surface area contributed by atoms with Crippen molar-refractivity contribution in [1.29, 1.82) is 0 Å². The summed E-state index contributed by atoms with van der Waals surface area (Å²) in [5.74, 6) is -1.46. The van der Waals surface area contributed by atoms with Gasteiger partial charge in [-0.15, -0.1) is 0 Å². The number of carbonyl (C=O) groups excluding carboxylic acids is 1. The molecule has 0 saturated heterocycles. The molecule has 1 aromatic rings. The Labute approximate surface area is 120 Å². The van der Waals surface area contributed by atoms with Crippen LogP contribution in [0.1, 0.15) is 6.92 Å². The topological polar surface area (TPSA) is 131 Å². The number of carboxylic acid groups (broad SMARTS) is 1. The van der Waals surface area contributed by atoms with Crippen molar-refractivity contribution in [2.75, 3.05) is 19.0 Å². The van der Waals surface area contributed by atoms with E-state index in [1.165, 1.54) is 26.2 Å². The van der Waals surface area contributed by atoms with Gasteiger partial charge in [-0.3, -0.25) is 9.63 Å². The zero-order chi connectivity index (χ0) is 16.0. The van der Waals surface area contributed by atoms with Crippen LogP contribution in [0.2, 0.25) is 0 Å². The first-order valence-electron chi connectivity index (χ1n) is 5.57. The van der Waals surface area contributed by atoms with Crippen LogP contribution in [0.3, 0.4) is 0 Å². The Bertz CT molecular complexity index is 642. The van der Waals surface area contributed by atoms with Crippen molar-refractivity contribution in [2.45, 2.75) is 11.8 Å². The van der Waals surface area contributed by atoms with Crippen molar-refractivity contribution in [2.24, 2.45) is 0 Å². The van der Waals surface area contributed by atoms with Gasteiger partial charge in [-0.05, 0) is 18.2 Å². The van der Waals surface area contributed by atoms with Gasteiger partial charge < -0.3 is 15.2 Å². The van der Waals surface area contributed by atoms with Crippen molar-refractivity contribution in [3.8, 4) is 5.75 Å². The van der Waals surface area contributed by atoms with Crippen LogP contribution in [0.4, 0.5) is 5.69 Å². The predicted molar refractivity (Wildman–Crippen MR) is 71.2 cm³/mol. The van der Waals surface area contributed by atoms with Gasteiger partial charge in [0.1, 0.15) is 5.75 Å². The van der Waals surface area contributed by atoms with Crippen LogP contribution in [0.15, 0.2) is 23.1 Å². The fourth-order valence-corrected chi connectivity index (χ4v) is 2.19. The first-order chi connectivity index (χ1) is 9.76. The van der Waals surface area contributed by atoms with Crippen LogP contribution in [-0.2, 0) is 24.4 Å². The minimum Gasteiger partial charge on any atom is -0.495 e. The largest absolute Gasteiger partial charge is 0.495 e. The maximum Gasteiger partial charge on any atom is 0.331 e. The second-order valence-corrected chi connectivity index (χ2v) is 5.46. The second kappa shape index (κ2) is 7.02. The molecule has 0 atom stereocenters. The summed E-state index contributed by atoms with van der Waals surface area (Å²) >= 11 is 0. The molecule has 21 heavy (non-hydrogen) atoms.